The molecule has 1 rings (SSSR count). The number of hydrogen-bond donors (Lipinski definition) is 3. The first-order valence-electron chi connectivity index (χ1n) is 5.28. The molecule has 0 saturated heterocycles. The van der Waals surface area contributed by atoms with E-state index < -0.39 is 11.9 Å². The molecule has 0 atom stereocenters. The standard InChI is InChI=1S/C12H14N2O4/c1-18-12(13)8-4-2-3-5-9(8)14-10(15)6-7-11(16)17/h2-5,13H,6-7H2,1H3,(H,14,15)(H,16,17). The zero-order valence-corrected chi connectivity index (χ0v) is 9.90. The average Bonchev–Trinajstić information content (AvgIpc) is 2.36. The molecule has 0 spiro atoms. The van der Waals surface area contributed by atoms with Gasteiger partial charge in [-0.1, -0.05) is 12.1 Å². The summed E-state index contributed by atoms with van der Waals surface area (Å²) in [4.78, 5) is 21.8. The van der Waals surface area contributed by atoms with Gasteiger partial charge in [-0.3, -0.25) is 15.0 Å². The summed E-state index contributed by atoms with van der Waals surface area (Å²) < 4.78 is 4.79. The lowest BCUT2D eigenvalue weighted by atomic mass is 10.1. The molecule has 0 saturated carbocycles. The molecule has 1 aromatic rings. The number of carboxylic acids is 1. The van der Waals surface area contributed by atoms with Crippen molar-refractivity contribution in [2.45, 2.75) is 12.8 Å². The Labute approximate surface area is 104 Å². The van der Waals surface area contributed by atoms with Crippen LogP contribution in [0.3, 0.4) is 0 Å². The van der Waals surface area contributed by atoms with E-state index in [9.17, 15) is 9.59 Å². The number of rotatable bonds is 5. The third-order valence-corrected chi connectivity index (χ3v) is 2.22. The Morgan fingerprint density at radius 1 is 1.33 bits per heavy atom. The van der Waals surface area contributed by atoms with Gasteiger partial charge < -0.3 is 15.2 Å². The highest BCUT2D eigenvalue weighted by Crippen LogP contribution is 2.16. The van der Waals surface area contributed by atoms with Crippen LogP contribution < -0.4 is 5.32 Å². The van der Waals surface area contributed by atoms with Gasteiger partial charge in [-0.25, -0.2) is 0 Å². The second-order valence-corrected chi connectivity index (χ2v) is 3.52. The zero-order chi connectivity index (χ0) is 13.5. The number of carboxylic acid groups (broad SMARTS) is 1. The third-order valence-electron chi connectivity index (χ3n) is 2.22. The highest BCUT2D eigenvalue weighted by molar-refractivity contribution is 6.02. The first kappa shape index (κ1) is 13.7. The van der Waals surface area contributed by atoms with Crippen molar-refractivity contribution in [1.29, 1.82) is 5.41 Å². The summed E-state index contributed by atoms with van der Waals surface area (Å²) in [6, 6.07) is 6.69. The van der Waals surface area contributed by atoms with E-state index in [2.05, 4.69) is 5.32 Å². The van der Waals surface area contributed by atoms with Gasteiger partial charge >= 0.3 is 5.97 Å². The maximum atomic E-state index is 11.5. The van der Waals surface area contributed by atoms with Crippen molar-refractivity contribution in [3.63, 3.8) is 0 Å². The van der Waals surface area contributed by atoms with Crippen molar-refractivity contribution >= 4 is 23.5 Å². The summed E-state index contributed by atoms with van der Waals surface area (Å²) >= 11 is 0. The molecule has 0 radical (unpaired) electrons. The van der Waals surface area contributed by atoms with Crippen molar-refractivity contribution in [2.24, 2.45) is 0 Å². The van der Waals surface area contributed by atoms with Crippen LogP contribution in [0.15, 0.2) is 24.3 Å². The SMILES string of the molecule is COC(=N)c1ccccc1NC(=O)CCC(=O)O. The minimum Gasteiger partial charge on any atom is -0.481 e. The van der Waals surface area contributed by atoms with Crippen LogP contribution in [-0.4, -0.2) is 30.0 Å². The number of methoxy groups -OCH3 is 1. The zero-order valence-electron chi connectivity index (χ0n) is 9.90. The van der Waals surface area contributed by atoms with Crippen LogP contribution in [0.5, 0.6) is 0 Å². The van der Waals surface area contributed by atoms with Crippen LogP contribution >= 0.6 is 0 Å². The molecule has 6 nitrogen and oxygen atoms in total. The summed E-state index contributed by atoms with van der Waals surface area (Å²) in [6.45, 7) is 0. The lowest BCUT2D eigenvalue weighted by Crippen LogP contribution is -2.16. The summed E-state index contributed by atoms with van der Waals surface area (Å²) in [5.41, 5.74) is 0.878. The van der Waals surface area contributed by atoms with Gasteiger partial charge in [0.1, 0.15) is 0 Å². The topological polar surface area (TPSA) is 99.5 Å². The van der Waals surface area contributed by atoms with Crippen LogP contribution in [0.2, 0.25) is 0 Å². The molecule has 18 heavy (non-hydrogen) atoms. The monoisotopic (exact) mass is 250 g/mol. The molecule has 0 unspecified atom stereocenters. The van der Waals surface area contributed by atoms with Gasteiger partial charge in [0.2, 0.25) is 11.8 Å². The highest BCUT2D eigenvalue weighted by atomic mass is 16.5. The van der Waals surface area contributed by atoms with Crippen molar-refractivity contribution < 1.29 is 19.4 Å². The van der Waals surface area contributed by atoms with Gasteiger partial charge in [0.05, 0.1) is 24.8 Å². The number of ether oxygens (including phenoxy) is 1. The number of carbonyl (C=O) groups is 2. The number of aliphatic carboxylic acids is 1. The van der Waals surface area contributed by atoms with Crippen LogP contribution in [0, 0.1) is 5.41 Å². The molecule has 0 heterocycles. The fourth-order valence-electron chi connectivity index (χ4n) is 1.33. The molecule has 0 fully saturated rings. The molecular weight excluding hydrogens is 236 g/mol. The predicted octanol–water partition coefficient (Wildman–Crippen LogP) is 1.46. The lowest BCUT2D eigenvalue weighted by Gasteiger charge is -2.10. The van der Waals surface area contributed by atoms with Gasteiger partial charge in [-0.2, -0.15) is 0 Å². The number of nitrogens with one attached hydrogen (secondary N) is 2. The number of para-hydroxylation sites is 1. The van der Waals surface area contributed by atoms with Crippen molar-refractivity contribution in [3.05, 3.63) is 29.8 Å². The molecule has 1 amide bonds. The van der Waals surface area contributed by atoms with Gasteiger partial charge in [0.15, 0.2) is 0 Å². The number of amides is 1. The molecule has 0 aromatic heterocycles. The number of hydrogen-bond acceptors (Lipinski definition) is 4. The molecule has 96 valence electrons. The van der Waals surface area contributed by atoms with E-state index in [1.165, 1.54) is 7.11 Å². The van der Waals surface area contributed by atoms with E-state index in [0.29, 0.717) is 11.3 Å². The summed E-state index contributed by atoms with van der Waals surface area (Å²) in [5.74, 6) is -1.50. The Balaban J connectivity index is 2.75. The molecule has 0 bridgehead atoms. The average molecular weight is 250 g/mol. The van der Waals surface area contributed by atoms with Crippen LogP contribution in [0.4, 0.5) is 5.69 Å². The smallest absolute Gasteiger partial charge is 0.303 e. The normalized spacial score (nSPS) is 9.61. The van der Waals surface area contributed by atoms with E-state index in [-0.39, 0.29) is 18.7 Å². The second-order valence-electron chi connectivity index (χ2n) is 3.52. The Bertz CT molecular complexity index is 471. The first-order valence-corrected chi connectivity index (χ1v) is 5.28. The molecule has 0 aliphatic carbocycles. The second kappa shape index (κ2) is 6.39. The molecule has 1 aromatic carbocycles. The minimum absolute atomic E-state index is 0.0656. The predicted molar refractivity (Wildman–Crippen MR) is 65.8 cm³/mol. The molecular formula is C12H14N2O4. The minimum atomic E-state index is -1.02. The molecule has 0 aliphatic rings. The van der Waals surface area contributed by atoms with E-state index in [1.54, 1.807) is 24.3 Å². The van der Waals surface area contributed by atoms with Crippen LogP contribution in [0.25, 0.3) is 0 Å². The third kappa shape index (κ3) is 3.89. The van der Waals surface area contributed by atoms with Crippen LogP contribution in [0.1, 0.15) is 18.4 Å². The molecule has 6 heteroatoms. The van der Waals surface area contributed by atoms with E-state index in [1.807, 2.05) is 0 Å². The van der Waals surface area contributed by atoms with Crippen LogP contribution in [-0.2, 0) is 14.3 Å². The van der Waals surface area contributed by atoms with E-state index >= 15 is 0 Å². The Morgan fingerprint density at radius 2 is 2.00 bits per heavy atom. The van der Waals surface area contributed by atoms with Gasteiger partial charge in [-0.05, 0) is 12.1 Å². The Morgan fingerprint density at radius 3 is 2.61 bits per heavy atom. The summed E-state index contributed by atoms with van der Waals surface area (Å²) in [7, 11) is 1.37. The van der Waals surface area contributed by atoms with Crippen molar-refractivity contribution in [1.82, 2.24) is 0 Å². The van der Waals surface area contributed by atoms with Crippen molar-refractivity contribution in [3.8, 4) is 0 Å². The number of benzene rings is 1. The Kier molecular flexibility index (Phi) is 4.86. The lowest BCUT2D eigenvalue weighted by molar-refractivity contribution is -0.138. The molecule has 0 aliphatic heterocycles. The van der Waals surface area contributed by atoms with E-state index in [0.717, 1.165) is 0 Å². The number of carbonyl (C=O) groups excluding carboxylic acids is 1. The van der Waals surface area contributed by atoms with Gasteiger partial charge in [0.25, 0.3) is 0 Å². The highest BCUT2D eigenvalue weighted by Gasteiger charge is 2.11. The fourth-order valence-corrected chi connectivity index (χ4v) is 1.33. The molecule has 3 N–H and O–H groups in total. The quantitative estimate of drug-likeness (QED) is 0.544. The van der Waals surface area contributed by atoms with Crippen molar-refractivity contribution in [2.75, 3.05) is 12.4 Å². The maximum absolute atomic E-state index is 11.5. The first-order chi connectivity index (χ1) is 8.54. The fraction of sp³-hybridized carbons (Fsp3) is 0.250. The Hall–Kier alpha value is -2.37. The largest absolute Gasteiger partial charge is 0.481 e. The number of anilines is 1. The van der Waals surface area contributed by atoms with Gasteiger partial charge in [-0.15, -0.1) is 0 Å². The maximum Gasteiger partial charge on any atom is 0.303 e. The summed E-state index contributed by atoms with van der Waals surface area (Å²) in [5, 5.41) is 18.6. The van der Waals surface area contributed by atoms with Gasteiger partial charge in [0, 0.05) is 6.42 Å². The van der Waals surface area contributed by atoms with E-state index in [4.69, 9.17) is 15.3 Å². The summed E-state index contributed by atoms with van der Waals surface area (Å²) in [6.07, 6.45) is -0.334.